The highest BCUT2D eigenvalue weighted by Crippen LogP contribution is 2.34. The van der Waals surface area contributed by atoms with Crippen molar-refractivity contribution in [2.24, 2.45) is 7.05 Å². The Bertz CT molecular complexity index is 1610. The number of ether oxygens (including phenoxy) is 1. The molecule has 0 aliphatic heterocycles. The minimum absolute atomic E-state index is 0.172. The van der Waals surface area contributed by atoms with E-state index in [4.69, 9.17) is 4.74 Å². The van der Waals surface area contributed by atoms with Gasteiger partial charge >= 0.3 is 5.97 Å². The first kappa shape index (κ1) is 24.0. The van der Waals surface area contributed by atoms with Gasteiger partial charge in [-0.1, -0.05) is 60.7 Å². The second-order valence-electron chi connectivity index (χ2n) is 8.88. The number of esters is 1. The zero-order chi connectivity index (χ0) is 25.8. The highest BCUT2D eigenvalue weighted by molar-refractivity contribution is 5.98. The number of aromatic nitrogens is 2. The van der Waals surface area contributed by atoms with Gasteiger partial charge in [0.1, 0.15) is 0 Å². The molecule has 0 radical (unpaired) electrons. The van der Waals surface area contributed by atoms with E-state index in [0.29, 0.717) is 17.7 Å². The molecule has 4 aromatic carbocycles. The summed E-state index contributed by atoms with van der Waals surface area (Å²) in [5.41, 5.74) is 6.12. The van der Waals surface area contributed by atoms with E-state index < -0.39 is 0 Å². The van der Waals surface area contributed by atoms with Crippen molar-refractivity contribution in [3.05, 3.63) is 125 Å². The van der Waals surface area contributed by atoms with Crippen LogP contribution in [0.1, 0.15) is 38.8 Å². The van der Waals surface area contributed by atoms with Crippen molar-refractivity contribution in [1.82, 2.24) is 14.9 Å². The largest absolute Gasteiger partial charge is 0.465 e. The molecule has 0 aliphatic rings. The molecule has 1 N–H and O–H groups in total. The van der Waals surface area contributed by atoms with Crippen molar-refractivity contribution in [3.8, 4) is 17.2 Å². The third-order valence-corrected chi connectivity index (χ3v) is 6.61. The molecule has 1 aromatic heterocycles. The van der Waals surface area contributed by atoms with Crippen LogP contribution in [0.25, 0.3) is 21.9 Å². The monoisotopic (exact) mass is 486 g/mol. The minimum Gasteiger partial charge on any atom is -0.465 e. The second kappa shape index (κ2) is 10.5. The summed E-state index contributed by atoms with van der Waals surface area (Å²) in [5, 5.41) is 15.8. The summed E-state index contributed by atoms with van der Waals surface area (Å²) in [4.78, 5) is 16.1. The number of methoxy groups -OCH3 is 1. The smallest absolute Gasteiger partial charge is 0.337 e. The number of hydrogen-bond acceptors (Lipinski definition) is 5. The van der Waals surface area contributed by atoms with Gasteiger partial charge in [-0.25, -0.2) is 9.78 Å². The van der Waals surface area contributed by atoms with E-state index in [1.807, 2.05) is 60.3 Å². The maximum Gasteiger partial charge on any atom is 0.337 e. The Labute approximate surface area is 215 Å². The number of benzene rings is 4. The number of fused-ring (bicyclic) bond motifs is 1. The van der Waals surface area contributed by atoms with Gasteiger partial charge in [0.2, 0.25) is 0 Å². The molecular weight excluding hydrogens is 460 g/mol. The number of aryl methyl sites for hydroxylation is 1. The van der Waals surface area contributed by atoms with Crippen LogP contribution in [0.15, 0.2) is 97.5 Å². The SMILES string of the molecule is COC(=O)c1ccc(CNC(c2ccc(C#N)c(-c3cccc4ccccc34)c2)c2cncn2C)cc1. The quantitative estimate of drug-likeness (QED) is 0.295. The third kappa shape index (κ3) is 4.86. The summed E-state index contributed by atoms with van der Waals surface area (Å²) < 4.78 is 6.79. The fourth-order valence-electron chi connectivity index (χ4n) is 4.66. The molecule has 5 aromatic rings. The molecule has 1 unspecified atom stereocenters. The number of carbonyl (C=O) groups excluding carboxylic acids is 1. The van der Waals surface area contributed by atoms with E-state index >= 15 is 0 Å². The number of nitrogens with one attached hydrogen (secondary N) is 1. The summed E-state index contributed by atoms with van der Waals surface area (Å²) in [7, 11) is 3.35. The van der Waals surface area contributed by atoms with E-state index in [2.05, 4.69) is 46.7 Å². The van der Waals surface area contributed by atoms with Crippen LogP contribution in [0.3, 0.4) is 0 Å². The van der Waals surface area contributed by atoms with Gasteiger partial charge in [-0.3, -0.25) is 0 Å². The molecule has 0 aliphatic carbocycles. The van der Waals surface area contributed by atoms with Crippen molar-refractivity contribution < 1.29 is 9.53 Å². The van der Waals surface area contributed by atoms with Crippen LogP contribution in [0.5, 0.6) is 0 Å². The van der Waals surface area contributed by atoms with Crippen molar-refractivity contribution >= 4 is 16.7 Å². The molecule has 5 rings (SSSR count). The first-order valence-electron chi connectivity index (χ1n) is 12.0. The Morgan fingerprint density at radius 3 is 2.54 bits per heavy atom. The van der Waals surface area contributed by atoms with E-state index in [0.717, 1.165) is 38.7 Å². The lowest BCUT2D eigenvalue weighted by molar-refractivity contribution is 0.0600. The lowest BCUT2D eigenvalue weighted by Gasteiger charge is -2.21. The first-order valence-corrected chi connectivity index (χ1v) is 12.0. The first-order chi connectivity index (χ1) is 18.1. The van der Waals surface area contributed by atoms with E-state index in [1.54, 1.807) is 18.5 Å². The molecule has 6 nitrogen and oxygen atoms in total. The fraction of sp³-hybridized carbons (Fsp3) is 0.129. The summed E-state index contributed by atoms with van der Waals surface area (Å²) >= 11 is 0. The van der Waals surface area contributed by atoms with Gasteiger partial charge in [-0.15, -0.1) is 0 Å². The van der Waals surface area contributed by atoms with Gasteiger partial charge in [-0.2, -0.15) is 5.26 Å². The molecular formula is C31H26N4O2. The van der Waals surface area contributed by atoms with E-state index in [9.17, 15) is 10.1 Å². The van der Waals surface area contributed by atoms with E-state index in [-0.39, 0.29) is 12.0 Å². The molecule has 0 amide bonds. The summed E-state index contributed by atoms with van der Waals surface area (Å²) in [5.74, 6) is -0.356. The van der Waals surface area contributed by atoms with Crippen molar-refractivity contribution in [2.45, 2.75) is 12.6 Å². The summed E-state index contributed by atoms with van der Waals surface area (Å²) in [6.45, 7) is 0.570. The van der Waals surface area contributed by atoms with Gasteiger partial charge < -0.3 is 14.6 Å². The maximum absolute atomic E-state index is 11.8. The van der Waals surface area contributed by atoms with Gasteiger partial charge in [-0.05, 0) is 51.7 Å². The molecule has 0 bridgehead atoms. The van der Waals surface area contributed by atoms with Crippen molar-refractivity contribution in [1.29, 1.82) is 5.26 Å². The lowest BCUT2D eigenvalue weighted by Crippen LogP contribution is -2.24. The predicted octanol–water partition coefficient (Wildman–Crippen LogP) is 5.78. The van der Waals surface area contributed by atoms with Crippen LogP contribution in [0.2, 0.25) is 0 Å². The van der Waals surface area contributed by atoms with Crippen molar-refractivity contribution in [2.75, 3.05) is 7.11 Å². The Morgan fingerprint density at radius 2 is 1.81 bits per heavy atom. The third-order valence-electron chi connectivity index (χ3n) is 6.61. The zero-order valence-electron chi connectivity index (χ0n) is 20.7. The Morgan fingerprint density at radius 1 is 1.03 bits per heavy atom. The zero-order valence-corrected chi connectivity index (χ0v) is 20.7. The fourth-order valence-corrected chi connectivity index (χ4v) is 4.66. The van der Waals surface area contributed by atoms with Crippen LogP contribution in [0.4, 0.5) is 0 Å². The number of imidazole rings is 1. The molecule has 1 heterocycles. The number of nitrogens with zero attached hydrogens (tertiary/aromatic N) is 3. The van der Waals surface area contributed by atoms with E-state index in [1.165, 1.54) is 7.11 Å². The average Bonchev–Trinajstić information content (AvgIpc) is 3.38. The standard InChI is InChI=1S/C31H26N4O2/c1-35-20-33-19-29(35)30(34-18-21-10-12-23(13-11-21)31(36)37-2)24-14-15-25(17-32)28(16-24)27-9-5-7-22-6-3-4-8-26(22)27/h3-16,19-20,30,34H,18H2,1-2H3. The molecule has 1 atom stereocenters. The van der Waals surface area contributed by atoms with Crippen LogP contribution in [-0.2, 0) is 18.3 Å². The topological polar surface area (TPSA) is 79.9 Å². The molecule has 0 saturated heterocycles. The number of rotatable bonds is 7. The van der Waals surface area contributed by atoms with Crippen LogP contribution in [-0.4, -0.2) is 22.6 Å². The molecule has 37 heavy (non-hydrogen) atoms. The predicted molar refractivity (Wildman–Crippen MR) is 144 cm³/mol. The molecule has 0 saturated carbocycles. The number of hydrogen-bond donors (Lipinski definition) is 1. The Kier molecular flexibility index (Phi) is 6.80. The second-order valence-corrected chi connectivity index (χ2v) is 8.88. The van der Waals surface area contributed by atoms with Gasteiger partial charge in [0.25, 0.3) is 0 Å². The molecule has 0 fully saturated rings. The average molecular weight is 487 g/mol. The normalized spacial score (nSPS) is 11.7. The van der Waals surface area contributed by atoms with Gasteiger partial charge in [0, 0.05) is 19.2 Å². The summed E-state index contributed by atoms with van der Waals surface area (Å²) in [6.07, 6.45) is 3.64. The van der Waals surface area contributed by atoms with Gasteiger partial charge in [0.15, 0.2) is 0 Å². The number of nitriles is 1. The minimum atomic E-state index is -0.356. The highest BCUT2D eigenvalue weighted by Gasteiger charge is 2.20. The highest BCUT2D eigenvalue weighted by atomic mass is 16.5. The molecule has 6 heteroatoms. The number of carbonyl (C=O) groups is 1. The van der Waals surface area contributed by atoms with Crippen LogP contribution < -0.4 is 5.32 Å². The Hall–Kier alpha value is -4.73. The Balaban J connectivity index is 1.54. The van der Waals surface area contributed by atoms with Gasteiger partial charge in [0.05, 0.1) is 48.6 Å². The molecule has 182 valence electrons. The van der Waals surface area contributed by atoms with Crippen LogP contribution >= 0.6 is 0 Å². The maximum atomic E-state index is 11.8. The van der Waals surface area contributed by atoms with Crippen molar-refractivity contribution in [3.63, 3.8) is 0 Å². The lowest BCUT2D eigenvalue weighted by atomic mass is 9.91. The van der Waals surface area contributed by atoms with Crippen LogP contribution in [0, 0.1) is 11.3 Å². The summed E-state index contributed by atoms with van der Waals surface area (Å²) in [6, 6.07) is 30.0. The molecule has 0 spiro atoms.